The van der Waals surface area contributed by atoms with Crippen LogP contribution in [-0.2, 0) is 17.8 Å². The summed E-state index contributed by atoms with van der Waals surface area (Å²) in [4.78, 5) is 42.2. The van der Waals surface area contributed by atoms with E-state index in [1.54, 1.807) is 24.3 Å². The van der Waals surface area contributed by atoms with Gasteiger partial charge in [-0.05, 0) is 17.7 Å². The third kappa shape index (κ3) is 4.67. The van der Waals surface area contributed by atoms with E-state index in [0.717, 1.165) is 5.56 Å². The molecule has 31 heavy (non-hydrogen) atoms. The zero-order chi connectivity index (χ0) is 22.4. The van der Waals surface area contributed by atoms with Crippen molar-refractivity contribution in [1.29, 1.82) is 0 Å². The van der Waals surface area contributed by atoms with Gasteiger partial charge in [0.1, 0.15) is 11.6 Å². The number of aromatic amines is 1. The van der Waals surface area contributed by atoms with Crippen molar-refractivity contribution < 1.29 is 14.3 Å². The van der Waals surface area contributed by atoms with Gasteiger partial charge in [-0.3, -0.25) is 24.0 Å². The molecule has 0 atom stereocenters. The van der Waals surface area contributed by atoms with Crippen LogP contribution in [0.3, 0.4) is 0 Å². The van der Waals surface area contributed by atoms with Crippen molar-refractivity contribution in [3.05, 3.63) is 86.6 Å². The van der Waals surface area contributed by atoms with Crippen LogP contribution in [0.5, 0.6) is 5.75 Å². The summed E-state index contributed by atoms with van der Waals surface area (Å²) in [6, 6.07) is 15.9. The highest BCUT2D eigenvalue weighted by molar-refractivity contribution is 6.08. The number of nitrogens with one attached hydrogen (secondary N) is 1. The Hall–Kier alpha value is -3.85. The summed E-state index contributed by atoms with van der Waals surface area (Å²) >= 11 is 0. The van der Waals surface area contributed by atoms with Gasteiger partial charge in [0, 0.05) is 7.11 Å². The van der Waals surface area contributed by atoms with Crippen molar-refractivity contribution in [3.8, 4) is 5.75 Å². The molecule has 9 nitrogen and oxygen atoms in total. The molecule has 3 aromatic rings. The van der Waals surface area contributed by atoms with Gasteiger partial charge in [-0.1, -0.05) is 42.5 Å². The second-order valence-corrected chi connectivity index (χ2v) is 6.71. The molecule has 1 heterocycles. The number of benzene rings is 2. The standard InChI is InChI=1S/C22H24N4O5/c1-30-13-12-25-19(23)18(20(27)24-22(25)29)26(14-15-8-4-3-5-9-15)21(28)16-10-6-7-11-17(16)31-2/h3-11H,12-14,23H2,1-2H3,(H,24,27,29). The Morgan fingerprint density at radius 1 is 1.06 bits per heavy atom. The van der Waals surface area contributed by atoms with Crippen LogP contribution in [0.25, 0.3) is 0 Å². The number of hydrogen-bond acceptors (Lipinski definition) is 6. The number of amides is 1. The second kappa shape index (κ2) is 9.77. The van der Waals surface area contributed by atoms with Crippen LogP contribution in [0.1, 0.15) is 15.9 Å². The fourth-order valence-corrected chi connectivity index (χ4v) is 3.23. The average Bonchev–Trinajstić information content (AvgIpc) is 2.78. The Balaban J connectivity index is 2.18. The number of anilines is 2. The van der Waals surface area contributed by atoms with E-state index in [0.29, 0.717) is 5.75 Å². The van der Waals surface area contributed by atoms with Crippen LogP contribution < -0.4 is 26.6 Å². The SMILES string of the molecule is COCCn1c(N)c(N(Cc2ccccc2)C(=O)c2ccccc2OC)c(=O)[nH]c1=O. The van der Waals surface area contributed by atoms with E-state index in [2.05, 4.69) is 4.98 Å². The molecular formula is C22H24N4O5. The molecule has 0 saturated carbocycles. The van der Waals surface area contributed by atoms with E-state index in [4.69, 9.17) is 15.2 Å². The van der Waals surface area contributed by atoms with Gasteiger partial charge in [-0.25, -0.2) is 4.79 Å². The third-order valence-corrected chi connectivity index (χ3v) is 4.77. The van der Waals surface area contributed by atoms with Gasteiger partial charge in [0.05, 0.1) is 32.4 Å². The lowest BCUT2D eigenvalue weighted by molar-refractivity contribution is 0.0981. The molecule has 0 bridgehead atoms. The minimum atomic E-state index is -0.754. The summed E-state index contributed by atoms with van der Waals surface area (Å²) in [6.45, 7) is 0.384. The highest BCUT2D eigenvalue weighted by atomic mass is 16.5. The lowest BCUT2D eigenvalue weighted by Crippen LogP contribution is -2.41. The van der Waals surface area contributed by atoms with Crippen molar-refractivity contribution in [2.45, 2.75) is 13.1 Å². The molecule has 0 spiro atoms. The fourth-order valence-electron chi connectivity index (χ4n) is 3.23. The summed E-state index contributed by atoms with van der Waals surface area (Å²) in [6.07, 6.45) is 0. The van der Waals surface area contributed by atoms with E-state index in [9.17, 15) is 14.4 Å². The lowest BCUT2D eigenvalue weighted by Gasteiger charge is -2.25. The number of nitrogens with two attached hydrogens (primary N) is 1. The highest BCUT2D eigenvalue weighted by Crippen LogP contribution is 2.26. The monoisotopic (exact) mass is 424 g/mol. The number of para-hydroxylation sites is 1. The van der Waals surface area contributed by atoms with Gasteiger partial charge >= 0.3 is 5.69 Å². The molecule has 0 fully saturated rings. The summed E-state index contributed by atoms with van der Waals surface area (Å²) < 4.78 is 11.5. The molecule has 0 aliphatic heterocycles. The van der Waals surface area contributed by atoms with Gasteiger partial charge in [0.2, 0.25) is 0 Å². The number of nitrogen functional groups attached to an aromatic ring is 1. The van der Waals surface area contributed by atoms with Gasteiger partial charge < -0.3 is 15.2 Å². The van der Waals surface area contributed by atoms with E-state index in [-0.39, 0.29) is 36.8 Å². The Morgan fingerprint density at radius 3 is 2.42 bits per heavy atom. The number of rotatable bonds is 8. The van der Waals surface area contributed by atoms with E-state index < -0.39 is 17.2 Å². The van der Waals surface area contributed by atoms with Gasteiger partial charge in [-0.15, -0.1) is 0 Å². The minimum absolute atomic E-state index is 0.0630. The van der Waals surface area contributed by atoms with Crippen molar-refractivity contribution >= 4 is 17.4 Å². The Labute approximate surface area is 178 Å². The van der Waals surface area contributed by atoms with E-state index >= 15 is 0 Å². The molecular weight excluding hydrogens is 400 g/mol. The first-order valence-corrected chi connectivity index (χ1v) is 9.58. The molecule has 0 aliphatic rings. The number of hydrogen-bond donors (Lipinski definition) is 2. The number of ether oxygens (including phenoxy) is 2. The number of nitrogens with zero attached hydrogens (tertiary/aromatic N) is 2. The van der Waals surface area contributed by atoms with Gasteiger partial charge in [-0.2, -0.15) is 0 Å². The van der Waals surface area contributed by atoms with Crippen molar-refractivity contribution in [2.75, 3.05) is 31.5 Å². The van der Waals surface area contributed by atoms with Crippen LogP contribution in [0.4, 0.5) is 11.5 Å². The van der Waals surface area contributed by atoms with Crippen LogP contribution >= 0.6 is 0 Å². The van der Waals surface area contributed by atoms with Crippen LogP contribution in [0.2, 0.25) is 0 Å². The number of aromatic nitrogens is 2. The van der Waals surface area contributed by atoms with E-state index in [1.807, 2.05) is 30.3 Å². The van der Waals surface area contributed by atoms with Gasteiger partial charge in [0.15, 0.2) is 5.69 Å². The molecule has 0 unspecified atom stereocenters. The first kappa shape index (κ1) is 21.8. The molecule has 1 aromatic heterocycles. The maximum atomic E-state index is 13.6. The highest BCUT2D eigenvalue weighted by Gasteiger charge is 2.27. The van der Waals surface area contributed by atoms with Crippen molar-refractivity contribution in [1.82, 2.24) is 9.55 Å². The number of carbonyl (C=O) groups is 1. The third-order valence-electron chi connectivity index (χ3n) is 4.77. The molecule has 3 rings (SSSR count). The Kier molecular flexibility index (Phi) is 6.88. The molecule has 162 valence electrons. The molecule has 1 amide bonds. The van der Waals surface area contributed by atoms with Crippen LogP contribution in [-0.4, -0.2) is 36.3 Å². The van der Waals surface area contributed by atoms with Crippen molar-refractivity contribution in [2.24, 2.45) is 0 Å². The normalized spacial score (nSPS) is 10.6. The number of methoxy groups -OCH3 is 2. The molecule has 0 aliphatic carbocycles. The van der Waals surface area contributed by atoms with Crippen LogP contribution in [0, 0.1) is 0 Å². The molecule has 0 radical (unpaired) electrons. The Bertz CT molecular complexity index is 1170. The summed E-state index contributed by atoms with van der Waals surface area (Å²) in [5, 5.41) is 0. The first-order chi connectivity index (χ1) is 15.0. The van der Waals surface area contributed by atoms with Crippen molar-refractivity contribution in [3.63, 3.8) is 0 Å². The quantitative estimate of drug-likeness (QED) is 0.567. The smallest absolute Gasteiger partial charge is 0.330 e. The lowest BCUT2D eigenvalue weighted by atomic mass is 10.1. The first-order valence-electron chi connectivity index (χ1n) is 9.58. The second-order valence-electron chi connectivity index (χ2n) is 6.71. The summed E-state index contributed by atoms with van der Waals surface area (Å²) in [5.41, 5.74) is 5.72. The van der Waals surface area contributed by atoms with E-state index in [1.165, 1.54) is 23.7 Å². The molecule has 0 saturated heterocycles. The average molecular weight is 424 g/mol. The zero-order valence-corrected chi connectivity index (χ0v) is 17.3. The maximum Gasteiger partial charge on any atom is 0.330 e. The number of H-pyrrole nitrogens is 1. The topological polar surface area (TPSA) is 120 Å². The van der Waals surface area contributed by atoms with Crippen LogP contribution in [0.15, 0.2) is 64.2 Å². The predicted molar refractivity (Wildman–Crippen MR) is 118 cm³/mol. The molecule has 2 aromatic carbocycles. The molecule has 3 N–H and O–H groups in total. The maximum absolute atomic E-state index is 13.6. The minimum Gasteiger partial charge on any atom is -0.496 e. The Morgan fingerprint density at radius 2 is 1.74 bits per heavy atom. The summed E-state index contributed by atoms with van der Waals surface area (Å²) in [7, 11) is 2.94. The number of carbonyl (C=O) groups excluding carboxylic acids is 1. The molecule has 9 heteroatoms. The summed E-state index contributed by atoms with van der Waals surface area (Å²) in [5.74, 6) is -0.256. The zero-order valence-electron chi connectivity index (χ0n) is 17.3. The largest absolute Gasteiger partial charge is 0.496 e. The van der Waals surface area contributed by atoms with Gasteiger partial charge in [0.25, 0.3) is 11.5 Å². The fraction of sp³-hybridized carbons (Fsp3) is 0.227. The predicted octanol–water partition coefficient (Wildman–Crippen LogP) is 1.62.